The van der Waals surface area contributed by atoms with Crippen molar-refractivity contribution in [1.29, 1.82) is 0 Å². The molecular formula is C20H23NO4. The minimum absolute atomic E-state index is 0.245. The van der Waals surface area contributed by atoms with Crippen molar-refractivity contribution in [3.8, 4) is 5.75 Å². The first-order valence-corrected chi connectivity index (χ1v) is 8.12. The van der Waals surface area contributed by atoms with Gasteiger partial charge in [0.05, 0.1) is 0 Å². The molecule has 0 saturated heterocycles. The van der Waals surface area contributed by atoms with Crippen LogP contribution in [0.3, 0.4) is 0 Å². The summed E-state index contributed by atoms with van der Waals surface area (Å²) < 4.78 is 10.5. The zero-order valence-electron chi connectivity index (χ0n) is 15.0. The lowest BCUT2D eigenvalue weighted by molar-refractivity contribution is -0.155. The first-order valence-electron chi connectivity index (χ1n) is 8.12. The van der Waals surface area contributed by atoms with E-state index < -0.39 is 12.1 Å². The van der Waals surface area contributed by atoms with Gasteiger partial charge in [0, 0.05) is 5.69 Å². The highest BCUT2D eigenvalue weighted by Gasteiger charge is 2.18. The summed E-state index contributed by atoms with van der Waals surface area (Å²) in [5.74, 6) is -0.384. The Labute approximate surface area is 148 Å². The quantitative estimate of drug-likeness (QED) is 0.816. The molecule has 1 atom stereocenters. The van der Waals surface area contributed by atoms with Crippen LogP contribution in [0.5, 0.6) is 5.75 Å². The van der Waals surface area contributed by atoms with Crippen molar-refractivity contribution in [2.24, 2.45) is 0 Å². The molecule has 0 unspecified atom stereocenters. The van der Waals surface area contributed by atoms with Gasteiger partial charge in [0.1, 0.15) is 5.75 Å². The van der Waals surface area contributed by atoms with Gasteiger partial charge in [-0.25, -0.2) is 4.79 Å². The number of amides is 1. The average molecular weight is 341 g/mol. The van der Waals surface area contributed by atoms with Crippen LogP contribution in [-0.4, -0.2) is 24.6 Å². The van der Waals surface area contributed by atoms with Gasteiger partial charge in [-0.05, 0) is 63.1 Å². The van der Waals surface area contributed by atoms with E-state index in [0.29, 0.717) is 11.4 Å². The van der Waals surface area contributed by atoms with Crippen molar-refractivity contribution in [3.63, 3.8) is 0 Å². The van der Waals surface area contributed by atoms with Gasteiger partial charge in [-0.15, -0.1) is 0 Å². The fourth-order valence-corrected chi connectivity index (χ4v) is 2.11. The molecule has 0 spiro atoms. The van der Waals surface area contributed by atoms with Crippen LogP contribution in [0, 0.1) is 20.8 Å². The van der Waals surface area contributed by atoms with E-state index in [0.717, 1.165) is 16.7 Å². The number of anilines is 1. The van der Waals surface area contributed by atoms with Crippen molar-refractivity contribution in [2.45, 2.75) is 33.8 Å². The minimum atomic E-state index is -0.905. The van der Waals surface area contributed by atoms with Crippen LogP contribution in [0.4, 0.5) is 5.69 Å². The van der Waals surface area contributed by atoms with Crippen LogP contribution >= 0.6 is 0 Å². The molecule has 0 heterocycles. The monoisotopic (exact) mass is 341 g/mol. The Balaban J connectivity index is 1.81. The summed E-state index contributed by atoms with van der Waals surface area (Å²) in [6.07, 6.45) is -0.905. The fourth-order valence-electron chi connectivity index (χ4n) is 2.11. The number of nitrogens with one attached hydrogen (secondary N) is 1. The summed E-state index contributed by atoms with van der Waals surface area (Å²) in [6.45, 7) is 7.22. The van der Waals surface area contributed by atoms with E-state index in [9.17, 15) is 9.59 Å². The molecule has 5 nitrogen and oxygen atoms in total. The number of carbonyl (C=O) groups excluding carboxylic acids is 2. The molecule has 2 aromatic carbocycles. The van der Waals surface area contributed by atoms with E-state index >= 15 is 0 Å². The maximum atomic E-state index is 12.1. The lowest BCUT2D eigenvalue weighted by Gasteiger charge is -2.14. The smallest absolute Gasteiger partial charge is 0.344 e. The molecule has 0 radical (unpaired) electrons. The fraction of sp³-hybridized carbons (Fsp3) is 0.300. The van der Waals surface area contributed by atoms with E-state index in [1.807, 2.05) is 45.0 Å². The largest absolute Gasteiger partial charge is 0.482 e. The number of esters is 1. The van der Waals surface area contributed by atoms with Gasteiger partial charge in [-0.3, -0.25) is 4.79 Å². The predicted octanol–water partition coefficient (Wildman–Crippen LogP) is 3.56. The zero-order valence-corrected chi connectivity index (χ0v) is 15.0. The van der Waals surface area contributed by atoms with Crippen molar-refractivity contribution >= 4 is 17.6 Å². The number of ether oxygens (including phenoxy) is 2. The second kappa shape index (κ2) is 8.33. The maximum absolute atomic E-state index is 12.1. The molecule has 25 heavy (non-hydrogen) atoms. The van der Waals surface area contributed by atoms with Gasteiger partial charge < -0.3 is 14.8 Å². The SMILES string of the molecule is Cc1ccc(NC(=O)[C@@H](C)OC(=O)COc2ccc(C)c(C)c2)cc1. The van der Waals surface area contributed by atoms with E-state index in [4.69, 9.17) is 9.47 Å². The first kappa shape index (κ1) is 18.5. The number of benzene rings is 2. The zero-order chi connectivity index (χ0) is 18.4. The van der Waals surface area contributed by atoms with E-state index in [1.165, 1.54) is 6.92 Å². The number of carbonyl (C=O) groups is 2. The normalized spacial score (nSPS) is 11.5. The Hall–Kier alpha value is -2.82. The Kier molecular flexibility index (Phi) is 6.17. The summed E-state index contributed by atoms with van der Waals surface area (Å²) in [7, 11) is 0. The Morgan fingerprint density at radius 2 is 1.68 bits per heavy atom. The second-order valence-corrected chi connectivity index (χ2v) is 6.02. The second-order valence-electron chi connectivity index (χ2n) is 6.02. The minimum Gasteiger partial charge on any atom is -0.482 e. The highest BCUT2D eigenvalue weighted by Crippen LogP contribution is 2.16. The lowest BCUT2D eigenvalue weighted by Crippen LogP contribution is -2.31. The molecule has 1 N–H and O–H groups in total. The number of rotatable bonds is 6. The third-order valence-corrected chi connectivity index (χ3v) is 3.83. The number of hydrogen-bond donors (Lipinski definition) is 1. The Morgan fingerprint density at radius 1 is 1.00 bits per heavy atom. The third kappa shape index (κ3) is 5.64. The van der Waals surface area contributed by atoms with Crippen LogP contribution in [0.15, 0.2) is 42.5 Å². The molecule has 5 heteroatoms. The van der Waals surface area contributed by atoms with Gasteiger partial charge in [-0.1, -0.05) is 23.8 Å². The van der Waals surface area contributed by atoms with Gasteiger partial charge in [-0.2, -0.15) is 0 Å². The summed E-state index contributed by atoms with van der Waals surface area (Å²) in [5, 5.41) is 2.70. The number of aryl methyl sites for hydroxylation is 3. The molecule has 0 aliphatic carbocycles. The van der Waals surface area contributed by atoms with Gasteiger partial charge in [0.25, 0.3) is 5.91 Å². The number of hydrogen-bond acceptors (Lipinski definition) is 4. The van der Waals surface area contributed by atoms with Gasteiger partial charge >= 0.3 is 5.97 Å². The maximum Gasteiger partial charge on any atom is 0.344 e. The van der Waals surface area contributed by atoms with Crippen LogP contribution < -0.4 is 10.1 Å². The standard InChI is InChI=1S/C20H23NO4/c1-13-5-8-17(9-6-13)21-20(23)16(4)25-19(22)12-24-18-10-7-14(2)15(3)11-18/h5-11,16H,12H2,1-4H3,(H,21,23)/t16-/m1/s1. The lowest BCUT2D eigenvalue weighted by atomic mass is 10.1. The molecule has 0 saturated carbocycles. The molecule has 0 aliphatic rings. The summed E-state index contributed by atoms with van der Waals surface area (Å²) in [5.41, 5.74) is 3.99. The van der Waals surface area contributed by atoms with E-state index in [1.54, 1.807) is 18.2 Å². The molecule has 2 aromatic rings. The van der Waals surface area contributed by atoms with Gasteiger partial charge in [0.2, 0.25) is 0 Å². The van der Waals surface area contributed by atoms with Crippen LogP contribution in [0.25, 0.3) is 0 Å². The van der Waals surface area contributed by atoms with Crippen molar-refractivity contribution < 1.29 is 19.1 Å². The molecule has 0 bridgehead atoms. The van der Waals surface area contributed by atoms with Crippen LogP contribution in [0.2, 0.25) is 0 Å². The van der Waals surface area contributed by atoms with Crippen molar-refractivity contribution in [3.05, 3.63) is 59.2 Å². The Bertz CT molecular complexity index is 753. The van der Waals surface area contributed by atoms with E-state index in [-0.39, 0.29) is 12.5 Å². The molecule has 0 aromatic heterocycles. The first-order chi connectivity index (χ1) is 11.8. The summed E-state index contributed by atoms with van der Waals surface area (Å²) in [4.78, 5) is 23.9. The van der Waals surface area contributed by atoms with Crippen LogP contribution in [-0.2, 0) is 14.3 Å². The molecule has 1 amide bonds. The highest BCUT2D eigenvalue weighted by molar-refractivity contribution is 5.95. The predicted molar refractivity (Wildman–Crippen MR) is 96.8 cm³/mol. The van der Waals surface area contributed by atoms with Crippen LogP contribution in [0.1, 0.15) is 23.6 Å². The molecule has 2 rings (SSSR count). The average Bonchev–Trinajstić information content (AvgIpc) is 2.58. The molecular weight excluding hydrogens is 318 g/mol. The summed E-state index contributed by atoms with van der Waals surface area (Å²) in [6, 6.07) is 13.0. The van der Waals surface area contributed by atoms with Crippen molar-refractivity contribution in [1.82, 2.24) is 0 Å². The highest BCUT2D eigenvalue weighted by atomic mass is 16.6. The van der Waals surface area contributed by atoms with Gasteiger partial charge in [0.15, 0.2) is 12.7 Å². The third-order valence-electron chi connectivity index (χ3n) is 3.83. The molecule has 132 valence electrons. The topological polar surface area (TPSA) is 64.6 Å². The Morgan fingerprint density at radius 3 is 2.32 bits per heavy atom. The molecule has 0 fully saturated rings. The molecule has 0 aliphatic heterocycles. The summed E-state index contributed by atoms with van der Waals surface area (Å²) >= 11 is 0. The van der Waals surface area contributed by atoms with Crippen molar-refractivity contribution in [2.75, 3.05) is 11.9 Å². The van der Waals surface area contributed by atoms with E-state index in [2.05, 4.69) is 5.32 Å².